The number of hydrogen-bond acceptors (Lipinski definition) is 6. The van der Waals surface area contributed by atoms with Crippen LogP contribution in [0.5, 0.6) is 0 Å². The van der Waals surface area contributed by atoms with Gasteiger partial charge < -0.3 is 10.2 Å². The summed E-state index contributed by atoms with van der Waals surface area (Å²) < 4.78 is 0.971. The first-order chi connectivity index (χ1) is 14.0. The summed E-state index contributed by atoms with van der Waals surface area (Å²) in [5.41, 5.74) is 5.48. The van der Waals surface area contributed by atoms with Crippen molar-refractivity contribution in [3.63, 3.8) is 0 Å². The Bertz CT molecular complexity index is 1060. The molecule has 7 nitrogen and oxygen atoms in total. The lowest BCUT2D eigenvalue weighted by molar-refractivity contribution is 0.0944. The number of amides is 1. The van der Waals surface area contributed by atoms with Gasteiger partial charge in [0.1, 0.15) is 0 Å². The van der Waals surface area contributed by atoms with Crippen molar-refractivity contribution in [3.05, 3.63) is 74.9 Å². The van der Waals surface area contributed by atoms with Crippen LogP contribution in [0, 0.1) is 13.8 Å². The highest BCUT2D eigenvalue weighted by Crippen LogP contribution is 2.27. The van der Waals surface area contributed by atoms with Crippen molar-refractivity contribution in [1.29, 1.82) is 0 Å². The third-order valence-electron chi connectivity index (χ3n) is 5.22. The fourth-order valence-corrected chi connectivity index (χ4v) is 3.83. The Hall–Kier alpha value is -2.87. The molecule has 148 valence electrons. The van der Waals surface area contributed by atoms with Crippen LogP contribution in [0.4, 0.5) is 5.82 Å². The molecule has 0 spiro atoms. The predicted octanol–water partition coefficient (Wildman–Crippen LogP) is 3.14. The molecule has 1 amide bonds. The van der Waals surface area contributed by atoms with Crippen LogP contribution in [-0.2, 0) is 19.5 Å². The fourth-order valence-electron chi connectivity index (χ4n) is 3.45. The summed E-state index contributed by atoms with van der Waals surface area (Å²) in [6, 6.07) is 5.84. The van der Waals surface area contributed by atoms with Crippen LogP contribution < -0.4 is 10.2 Å². The van der Waals surface area contributed by atoms with Crippen LogP contribution in [0.15, 0.2) is 41.3 Å². The number of nitrogens with one attached hydrogen (secondary N) is 1. The highest BCUT2D eigenvalue weighted by molar-refractivity contribution is 9.10. The number of pyridine rings is 2. The summed E-state index contributed by atoms with van der Waals surface area (Å²) in [4.78, 5) is 23.3. The Morgan fingerprint density at radius 2 is 2.00 bits per heavy atom. The maximum Gasteiger partial charge on any atom is 0.272 e. The normalized spacial score (nSPS) is 13.1. The van der Waals surface area contributed by atoms with Crippen LogP contribution in [0.2, 0.25) is 0 Å². The average Bonchev–Trinajstić information content (AvgIpc) is 2.74. The van der Waals surface area contributed by atoms with Crippen LogP contribution in [0.1, 0.15) is 38.4 Å². The Kier molecular flexibility index (Phi) is 5.53. The maximum absolute atomic E-state index is 12.6. The van der Waals surface area contributed by atoms with Crippen molar-refractivity contribution in [2.45, 2.75) is 33.4 Å². The second kappa shape index (κ2) is 8.24. The Morgan fingerprint density at radius 1 is 1.21 bits per heavy atom. The minimum Gasteiger partial charge on any atom is -0.350 e. The molecule has 3 aromatic heterocycles. The number of anilines is 1. The zero-order chi connectivity index (χ0) is 20.4. The lowest BCUT2D eigenvalue weighted by Crippen LogP contribution is -2.33. The smallest absolute Gasteiger partial charge is 0.272 e. The van der Waals surface area contributed by atoms with E-state index in [1.165, 1.54) is 5.56 Å². The standard InChI is InChI=1S/C21H21BrN6O/c1-13-14(2)20(28-8-5-18-16(12-28)9-17(22)11-24-18)27-26-19(13)21(29)25-10-15-3-6-23-7-4-15/h3-4,6-7,9,11H,5,8,10,12H2,1-2H3,(H,25,29). The molecule has 8 heteroatoms. The van der Waals surface area contributed by atoms with Gasteiger partial charge in [-0.15, -0.1) is 10.2 Å². The number of hydrogen-bond donors (Lipinski definition) is 1. The Morgan fingerprint density at radius 3 is 2.79 bits per heavy atom. The first-order valence-corrected chi connectivity index (χ1v) is 10.2. The van der Waals surface area contributed by atoms with E-state index in [1.807, 2.05) is 32.2 Å². The van der Waals surface area contributed by atoms with Crippen LogP contribution >= 0.6 is 15.9 Å². The Labute approximate surface area is 177 Å². The Balaban J connectivity index is 1.52. The van der Waals surface area contributed by atoms with Gasteiger partial charge in [0.05, 0.1) is 0 Å². The van der Waals surface area contributed by atoms with Gasteiger partial charge in [-0.05, 0) is 70.2 Å². The molecule has 1 aliphatic heterocycles. The van der Waals surface area contributed by atoms with Gasteiger partial charge in [0, 0.05) is 54.8 Å². The average molecular weight is 453 g/mol. The van der Waals surface area contributed by atoms with Crippen molar-refractivity contribution in [1.82, 2.24) is 25.5 Å². The third-order valence-corrected chi connectivity index (χ3v) is 5.65. The highest BCUT2D eigenvalue weighted by Gasteiger charge is 2.23. The van der Waals surface area contributed by atoms with Gasteiger partial charge in [-0.2, -0.15) is 0 Å². The summed E-state index contributed by atoms with van der Waals surface area (Å²) in [6.07, 6.45) is 6.10. The molecule has 0 atom stereocenters. The molecule has 1 N–H and O–H groups in total. The van der Waals surface area contributed by atoms with Crippen LogP contribution in [-0.4, -0.2) is 32.6 Å². The minimum absolute atomic E-state index is 0.224. The highest BCUT2D eigenvalue weighted by atomic mass is 79.9. The van der Waals surface area contributed by atoms with Gasteiger partial charge in [0.15, 0.2) is 11.5 Å². The van der Waals surface area contributed by atoms with E-state index in [0.717, 1.165) is 52.2 Å². The van der Waals surface area contributed by atoms with Gasteiger partial charge in [0.25, 0.3) is 5.91 Å². The van der Waals surface area contributed by atoms with Crippen molar-refractivity contribution >= 4 is 27.7 Å². The van der Waals surface area contributed by atoms with Crippen LogP contribution in [0.3, 0.4) is 0 Å². The second-order valence-electron chi connectivity index (χ2n) is 7.09. The molecule has 0 aromatic carbocycles. The number of aromatic nitrogens is 4. The van der Waals surface area contributed by atoms with Crippen molar-refractivity contribution in [2.75, 3.05) is 11.4 Å². The number of halogens is 1. The number of rotatable bonds is 4. The van der Waals surface area contributed by atoms with E-state index < -0.39 is 0 Å². The monoisotopic (exact) mass is 452 g/mol. The van der Waals surface area contributed by atoms with E-state index in [2.05, 4.69) is 52.4 Å². The van der Waals surface area contributed by atoms with Crippen LogP contribution in [0.25, 0.3) is 0 Å². The predicted molar refractivity (Wildman–Crippen MR) is 114 cm³/mol. The lowest BCUT2D eigenvalue weighted by atomic mass is 10.0. The number of carbonyl (C=O) groups excluding carboxylic acids is 1. The largest absolute Gasteiger partial charge is 0.350 e. The SMILES string of the molecule is Cc1c(C(=O)NCc2ccncc2)nnc(N2CCc3ncc(Br)cc3C2)c1C. The molecule has 1 aliphatic rings. The van der Waals surface area contributed by atoms with E-state index in [1.54, 1.807) is 12.4 Å². The third kappa shape index (κ3) is 4.12. The van der Waals surface area contributed by atoms with E-state index >= 15 is 0 Å². The van der Waals surface area contributed by atoms with E-state index in [4.69, 9.17) is 0 Å². The zero-order valence-corrected chi connectivity index (χ0v) is 17.9. The first-order valence-electron chi connectivity index (χ1n) is 9.42. The molecular formula is C21H21BrN6O. The van der Waals surface area contributed by atoms with E-state index in [-0.39, 0.29) is 5.91 Å². The second-order valence-corrected chi connectivity index (χ2v) is 8.01. The molecule has 0 bridgehead atoms. The first kappa shape index (κ1) is 19.4. The molecule has 0 saturated heterocycles. The summed E-state index contributed by atoms with van der Waals surface area (Å²) >= 11 is 3.49. The van der Waals surface area contributed by atoms with Gasteiger partial charge in [0.2, 0.25) is 0 Å². The van der Waals surface area contributed by atoms with Crippen molar-refractivity contribution in [3.8, 4) is 0 Å². The zero-order valence-electron chi connectivity index (χ0n) is 16.3. The molecule has 4 heterocycles. The molecular weight excluding hydrogens is 432 g/mol. The van der Waals surface area contributed by atoms with Gasteiger partial charge in [-0.25, -0.2) is 0 Å². The summed E-state index contributed by atoms with van der Waals surface area (Å²) in [5.74, 6) is 0.595. The topological polar surface area (TPSA) is 83.9 Å². The molecule has 3 aromatic rings. The summed E-state index contributed by atoms with van der Waals surface area (Å²) in [5, 5.41) is 11.6. The molecule has 4 rings (SSSR count). The molecule has 0 unspecified atom stereocenters. The van der Waals surface area contributed by atoms with Gasteiger partial charge in [-0.3, -0.25) is 14.8 Å². The maximum atomic E-state index is 12.6. The lowest BCUT2D eigenvalue weighted by Gasteiger charge is -2.30. The molecule has 0 radical (unpaired) electrons. The van der Waals surface area contributed by atoms with Gasteiger partial charge in [-0.1, -0.05) is 0 Å². The van der Waals surface area contributed by atoms with Gasteiger partial charge >= 0.3 is 0 Å². The molecule has 29 heavy (non-hydrogen) atoms. The molecule has 0 saturated carbocycles. The van der Waals surface area contributed by atoms with E-state index in [0.29, 0.717) is 12.2 Å². The number of nitrogens with zero attached hydrogens (tertiary/aromatic N) is 5. The summed E-state index contributed by atoms with van der Waals surface area (Å²) in [6.45, 7) is 5.89. The van der Waals surface area contributed by atoms with Crippen molar-refractivity contribution < 1.29 is 4.79 Å². The van der Waals surface area contributed by atoms with E-state index in [9.17, 15) is 4.79 Å². The molecule has 0 fully saturated rings. The number of fused-ring (bicyclic) bond motifs is 1. The quantitative estimate of drug-likeness (QED) is 0.654. The number of carbonyl (C=O) groups is 1. The minimum atomic E-state index is -0.224. The fraction of sp³-hybridized carbons (Fsp3) is 0.286. The van der Waals surface area contributed by atoms with Crippen molar-refractivity contribution in [2.24, 2.45) is 0 Å². The summed E-state index contributed by atoms with van der Waals surface area (Å²) in [7, 11) is 0. The molecule has 0 aliphatic carbocycles.